The third-order valence-corrected chi connectivity index (χ3v) is 11.7. The SMILES string of the molecule is CC(C)OC(=O)OCSP1(=O)OCC2O[C@@H](n3ccc(=O)[nH]c3=O)[C@H](OP(=O)(O)OCC3O[C@@H](n4cnc5c(N)ncnc54)C[C@@H]3O1)[C@@H]2F. The van der Waals surface area contributed by atoms with Crippen molar-refractivity contribution in [3.63, 3.8) is 0 Å². The van der Waals surface area contributed by atoms with Gasteiger partial charge in [-0.2, -0.15) is 0 Å². The molecule has 4 unspecified atom stereocenters. The Bertz CT molecular complexity index is 1910. The number of H-pyrrole nitrogens is 1. The van der Waals surface area contributed by atoms with E-state index >= 15 is 4.39 Å². The van der Waals surface area contributed by atoms with Crippen LogP contribution in [0.25, 0.3) is 11.2 Å². The number of carbonyl (C=O) groups is 1. The number of ether oxygens (including phenoxy) is 4. The van der Waals surface area contributed by atoms with Crippen LogP contribution >= 0.6 is 26.0 Å². The van der Waals surface area contributed by atoms with E-state index in [0.717, 1.165) is 16.8 Å². The van der Waals surface area contributed by atoms with Crippen molar-refractivity contribution < 1.29 is 60.3 Å². The summed E-state index contributed by atoms with van der Waals surface area (Å²) >= 11 is 0.419. The van der Waals surface area contributed by atoms with Crippen molar-refractivity contribution >= 4 is 49.1 Å². The number of rotatable bonds is 6. The number of nitrogen functional groups attached to an aromatic ring is 1. The van der Waals surface area contributed by atoms with Gasteiger partial charge in [0.1, 0.15) is 42.5 Å². The fourth-order valence-corrected chi connectivity index (χ4v) is 8.90. The lowest BCUT2D eigenvalue weighted by Gasteiger charge is -2.26. The Morgan fingerprint density at radius 1 is 1.14 bits per heavy atom. The van der Waals surface area contributed by atoms with E-state index in [1.165, 1.54) is 17.2 Å². The number of imidazole rings is 1. The number of hydrogen-bond acceptors (Lipinski definition) is 18. The molecule has 3 saturated heterocycles. The normalized spacial score (nSPS) is 33.8. The van der Waals surface area contributed by atoms with Gasteiger partial charge in [-0.15, -0.1) is 0 Å². The minimum atomic E-state index is -5.15. The first kappa shape index (κ1) is 35.6. The van der Waals surface area contributed by atoms with Gasteiger partial charge < -0.3 is 29.6 Å². The molecule has 2 bridgehead atoms. The fourth-order valence-electron chi connectivity index (χ4n) is 5.15. The molecule has 21 nitrogen and oxygen atoms in total. The molecule has 25 heteroatoms. The number of halogens is 1. The van der Waals surface area contributed by atoms with E-state index in [0.29, 0.717) is 11.4 Å². The highest BCUT2D eigenvalue weighted by Crippen LogP contribution is 2.63. The Hall–Kier alpha value is -3.24. The standard InChI is InChI=1S/C24H30FN7O14P2S/c1-11(2)42-24(35)39-10-49-48(38)41-7-14-17(25)19(22(44-14)31-4-3-15(33)30-23(31)34)46-47(36,37)40-6-13-12(45-48)5-16(43-13)32-9-29-18-20(26)27-8-28-21(18)32/h3-4,8-9,11-14,16-17,19,22H,5-7,10H2,1-2H3,(H,36,37)(H2,26,27,28)(H,30,33,34)/t12-,13?,14?,16+,17+,19+,22+,48?/m0/s1. The number of hydrogen-bond donors (Lipinski definition) is 3. The van der Waals surface area contributed by atoms with Gasteiger partial charge in [-0.05, 0) is 13.8 Å². The lowest BCUT2D eigenvalue weighted by Crippen LogP contribution is -2.37. The number of nitrogens with one attached hydrogen (secondary N) is 1. The summed E-state index contributed by atoms with van der Waals surface area (Å²) in [4.78, 5) is 61.1. The van der Waals surface area contributed by atoms with E-state index < -0.39 is 100 Å². The Morgan fingerprint density at radius 2 is 1.92 bits per heavy atom. The van der Waals surface area contributed by atoms with Crippen molar-refractivity contribution in [3.8, 4) is 0 Å². The maximum Gasteiger partial charge on any atom is 0.509 e. The number of phosphoric acid groups is 1. The molecule has 3 aromatic rings. The van der Waals surface area contributed by atoms with Crippen LogP contribution in [0.2, 0.25) is 0 Å². The summed E-state index contributed by atoms with van der Waals surface area (Å²) in [6, 6.07) is 0.938. The predicted molar refractivity (Wildman–Crippen MR) is 163 cm³/mol. The second-order valence-corrected chi connectivity index (χ2v) is 16.4. The molecule has 4 N–H and O–H groups in total. The molecule has 0 radical (unpaired) electrons. The lowest BCUT2D eigenvalue weighted by atomic mass is 10.1. The van der Waals surface area contributed by atoms with E-state index in [4.69, 9.17) is 42.8 Å². The number of carbonyl (C=O) groups excluding carboxylic acids is 1. The van der Waals surface area contributed by atoms with E-state index in [2.05, 4.69) is 15.0 Å². The molecule has 0 aliphatic carbocycles. The molecule has 3 aliphatic heterocycles. The van der Waals surface area contributed by atoms with E-state index in [-0.39, 0.29) is 23.4 Å². The second kappa shape index (κ2) is 14.2. The van der Waals surface area contributed by atoms with Crippen LogP contribution in [0, 0.1) is 0 Å². The highest BCUT2D eigenvalue weighted by molar-refractivity contribution is 8.55. The number of nitrogens with zero attached hydrogens (tertiary/aromatic N) is 5. The van der Waals surface area contributed by atoms with Gasteiger partial charge in [0.15, 0.2) is 29.8 Å². The van der Waals surface area contributed by atoms with Crippen LogP contribution < -0.4 is 17.0 Å². The number of aromatic nitrogens is 6. The summed E-state index contributed by atoms with van der Waals surface area (Å²) in [7, 11) is -5.15. The first-order valence-corrected chi connectivity index (χ1v) is 19.1. The van der Waals surface area contributed by atoms with Crippen LogP contribution in [0.15, 0.2) is 34.5 Å². The van der Waals surface area contributed by atoms with Gasteiger partial charge in [0.25, 0.3) is 5.56 Å². The van der Waals surface area contributed by atoms with Gasteiger partial charge in [-0.3, -0.25) is 37.0 Å². The Kier molecular flexibility index (Phi) is 10.3. The topological polar surface area (TPSA) is 270 Å². The van der Waals surface area contributed by atoms with Crippen LogP contribution in [0.5, 0.6) is 0 Å². The molecule has 3 aliphatic rings. The van der Waals surface area contributed by atoms with E-state index in [9.17, 15) is 28.4 Å². The molecule has 0 amide bonds. The van der Waals surface area contributed by atoms with Crippen molar-refractivity contribution in [2.45, 2.75) is 69.4 Å². The minimum absolute atomic E-state index is 0.0738. The minimum Gasteiger partial charge on any atom is -0.432 e. The fraction of sp³-hybridized carbons (Fsp3) is 0.583. The molecule has 0 aromatic carbocycles. The average Bonchev–Trinajstić information content (AvgIpc) is 3.71. The number of phosphoric ester groups is 1. The van der Waals surface area contributed by atoms with Crippen molar-refractivity contribution in [2.75, 3.05) is 24.9 Å². The maximum absolute atomic E-state index is 15.9. The Labute approximate surface area is 278 Å². The largest absolute Gasteiger partial charge is 0.509 e. The molecule has 0 saturated carbocycles. The highest BCUT2D eigenvalue weighted by atomic mass is 32.7. The molecule has 0 spiro atoms. The van der Waals surface area contributed by atoms with Crippen LogP contribution in [0.4, 0.5) is 15.0 Å². The van der Waals surface area contributed by atoms with Crippen LogP contribution in [-0.2, 0) is 46.2 Å². The van der Waals surface area contributed by atoms with Crippen molar-refractivity contribution in [2.24, 2.45) is 0 Å². The Balaban J connectivity index is 1.31. The third kappa shape index (κ3) is 7.90. The van der Waals surface area contributed by atoms with Crippen LogP contribution in [-0.4, -0.2) is 96.0 Å². The van der Waals surface area contributed by atoms with Gasteiger partial charge in [-0.25, -0.2) is 38.1 Å². The lowest BCUT2D eigenvalue weighted by molar-refractivity contribution is -0.0650. The average molecular weight is 754 g/mol. The molecule has 6 rings (SSSR count). The summed E-state index contributed by atoms with van der Waals surface area (Å²) < 4.78 is 89.1. The zero-order valence-corrected chi connectivity index (χ0v) is 28.1. The van der Waals surface area contributed by atoms with Crippen LogP contribution in [0.3, 0.4) is 0 Å². The number of anilines is 1. The number of nitrogens with two attached hydrogens (primary N) is 1. The van der Waals surface area contributed by atoms with E-state index in [1.807, 2.05) is 4.98 Å². The van der Waals surface area contributed by atoms with Crippen molar-refractivity contribution in [1.82, 2.24) is 29.1 Å². The molecular weight excluding hydrogens is 723 g/mol. The van der Waals surface area contributed by atoms with Gasteiger partial charge in [-0.1, -0.05) is 0 Å². The summed E-state index contributed by atoms with van der Waals surface area (Å²) in [5.74, 6) is -0.501. The summed E-state index contributed by atoms with van der Waals surface area (Å²) in [5, 5.41) is 0. The van der Waals surface area contributed by atoms with Gasteiger partial charge >= 0.3 is 26.5 Å². The monoisotopic (exact) mass is 753 g/mol. The maximum atomic E-state index is 15.9. The molecule has 49 heavy (non-hydrogen) atoms. The third-order valence-electron chi connectivity index (χ3n) is 7.31. The quantitative estimate of drug-likeness (QED) is 0.184. The number of fused-ring (bicyclic) bond motifs is 4. The first-order chi connectivity index (χ1) is 23.2. The zero-order chi connectivity index (χ0) is 35.1. The Morgan fingerprint density at radius 3 is 2.67 bits per heavy atom. The zero-order valence-electron chi connectivity index (χ0n) is 25.5. The number of aromatic amines is 1. The number of alkyl halides is 1. The smallest absolute Gasteiger partial charge is 0.432 e. The van der Waals surface area contributed by atoms with E-state index in [1.54, 1.807) is 13.8 Å². The van der Waals surface area contributed by atoms with Gasteiger partial charge in [0, 0.05) is 30.1 Å². The summed E-state index contributed by atoms with van der Waals surface area (Å²) in [5.41, 5.74) is 4.63. The van der Waals surface area contributed by atoms with Crippen LogP contribution in [0.1, 0.15) is 32.7 Å². The second-order valence-electron chi connectivity index (χ2n) is 11.0. The molecule has 268 valence electrons. The molecule has 9 atom stereocenters. The molecule has 6 heterocycles. The predicted octanol–water partition coefficient (Wildman–Crippen LogP) is 1.76. The first-order valence-electron chi connectivity index (χ1n) is 14.5. The van der Waals surface area contributed by atoms with Gasteiger partial charge in [0.05, 0.1) is 25.6 Å². The molecule has 3 aromatic heterocycles. The molecule has 3 fully saturated rings. The highest BCUT2D eigenvalue weighted by Gasteiger charge is 2.53. The summed E-state index contributed by atoms with van der Waals surface area (Å²) in [6.45, 7) is -2.81. The van der Waals surface area contributed by atoms with Crippen molar-refractivity contribution in [1.29, 1.82) is 0 Å². The van der Waals surface area contributed by atoms with Gasteiger partial charge in [0.2, 0.25) is 0 Å². The summed E-state index contributed by atoms with van der Waals surface area (Å²) in [6.07, 6.45) is -9.07. The van der Waals surface area contributed by atoms with Crippen molar-refractivity contribution in [3.05, 3.63) is 45.8 Å². The molecular formula is C24H30FN7O14P2S.